The molecule has 2 aliphatic carbocycles. The molecule has 1 aromatic carbocycles. The molecular weight excluding hydrogens is 340 g/mol. The fourth-order valence-corrected chi connectivity index (χ4v) is 4.95. The second-order valence-corrected chi connectivity index (χ2v) is 7.85. The molecule has 142 valence electrons. The number of fused-ring (bicyclic) bond motifs is 5. The van der Waals surface area contributed by atoms with Gasteiger partial charge in [-0.1, -0.05) is 26.0 Å². The van der Waals surface area contributed by atoms with E-state index < -0.39 is 0 Å². The lowest BCUT2D eigenvalue weighted by Crippen LogP contribution is -2.33. The summed E-state index contributed by atoms with van der Waals surface area (Å²) in [6.45, 7) is 5.58. The second-order valence-electron chi connectivity index (χ2n) is 7.85. The second kappa shape index (κ2) is 6.95. The average molecular weight is 366 g/mol. The Kier molecular flexibility index (Phi) is 4.62. The van der Waals surface area contributed by atoms with Crippen LogP contribution in [0.4, 0.5) is 5.69 Å². The maximum Gasteiger partial charge on any atom is 0.253 e. The van der Waals surface area contributed by atoms with Crippen LogP contribution < -0.4 is 4.90 Å². The predicted octanol–water partition coefficient (Wildman–Crippen LogP) is 3.26. The number of anilines is 1. The van der Waals surface area contributed by atoms with E-state index in [1.165, 1.54) is 4.90 Å². The van der Waals surface area contributed by atoms with Crippen molar-refractivity contribution in [3.8, 4) is 0 Å². The van der Waals surface area contributed by atoms with E-state index in [0.29, 0.717) is 11.3 Å². The van der Waals surface area contributed by atoms with Crippen LogP contribution in [0.25, 0.3) is 0 Å². The summed E-state index contributed by atoms with van der Waals surface area (Å²) in [5.74, 6) is -0.141. The van der Waals surface area contributed by atoms with E-state index in [-0.39, 0.29) is 41.4 Å². The molecule has 2 bridgehead atoms. The average Bonchev–Trinajstić information content (AvgIpc) is 3.35. The molecule has 4 rings (SSSR count). The molecule has 2 fully saturated rings. The maximum atomic E-state index is 12.9. The zero-order valence-corrected chi connectivity index (χ0v) is 15.9. The molecular formula is C22H26N2O3. The molecule has 1 aromatic rings. The Labute approximate surface area is 160 Å². The fraction of sp³-hybridized carbons (Fsp3) is 0.500. The lowest BCUT2D eigenvalue weighted by molar-refractivity contribution is -0.123. The van der Waals surface area contributed by atoms with Crippen molar-refractivity contribution >= 4 is 23.4 Å². The third-order valence-corrected chi connectivity index (χ3v) is 6.12. The highest BCUT2D eigenvalue weighted by Crippen LogP contribution is 2.53. The number of rotatable bonds is 6. The van der Waals surface area contributed by atoms with Crippen molar-refractivity contribution in [3.05, 3.63) is 42.0 Å². The van der Waals surface area contributed by atoms with Gasteiger partial charge in [-0.15, -0.1) is 0 Å². The summed E-state index contributed by atoms with van der Waals surface area (Å²) in [7, 11) is 0. The van der Waals surface area contributed by atoms with Gasteiger partial charge in [-0.2, -0.15) is 0 Å². The summed E-state index contributed by atoms with van der Waals surface area (Å²) in [6.07, 6.45) is 6.95. The van der Waals surface area contributed by atoms with Crippen molar-refractivity contribution in [2.24, 2.45) is 23.7 Å². The van der Waals surface area contributed by atoms with Gasteiger partial charge in [0.1, 0.15) is 0 Å². The lowest BCUT2D eigenvalue weighted by Gasteiger charge is -2.22. The van der Waals surface area contributed by atoms with Crippen molar-refractivity contribution in [1.82, 2.24) is 4.90 Å². The molecule has 5 heteroatoms. The number of benzene rings is 1. The molecule has 4 atom stereocenters. The molecule has 0 aromatic heterocycles. The Morgan fingerprint density at radius 2 is 1.48 bits per heavy atom. The highest BCUT2D eigenvalue weighted by molar-refractivity contribution is 6.22. The van der Waals surface area contributed by atoms with E-state index in [1.54, 1.807) is 24.3 Å². The Morgan fingerprint density at radius 1 is 0.963 bits per heavy atom. The van der Waals surface area contributed by atoms with Crippen LogP contribution in [0.5, 0.6) is 0 Å². The fourth-order valence-electron chi connectivity index (χ4n) is 4.95. The van der Waals surface area contributed by atoms with Gasteiger partial charge in [0, 0.05) is 18.7 Å². The minimum Gasteiger partial charge on any atom is -0.339 e. The van der Waals surface area contributed by atoms with E-state index in [0.717, 1.165) is 32.4 Å². The van der Waals surface area contributed by atoms with Crippen molar-refractivity contribution in [2.45, 2.75) is 33.1 Å². The van der Waals surface area contributed by atoms with Crippen molar-refractivity contribution in [1.29, 1.82) is 0 Å². The number of imide groups is 1. The molecule has 0 radical (unpaired) electrons. The molecule has 5 nitrogen and oxygen atoms in total. The van der Waals surface area contributed by atoms with Crippen molar-refractivity contribution in [3.63, 3.8) is 0 Å². The van der Waals surface area contributed by atoms with Crippen LogP contribution in [-0.4, -0.2) is 35.7 Å². The first-order chi connectivity index (χ1) is 13.1. The summed E-state index contributed by atoms with van der Waals surface area (Å²) in [4.78, 5) is 41.7. The van der Waals surface area contributed by atoms with Crippen molar-refractivity contribution in [2.75, 3.05) is 18.0 Å². The van der Waals surface area contributed by atoms with Gasteiger partial charge in [0.25, 0.3) is 5.91 Å². The summed E-state index contributed by atoms with van der Waals surface area (Å²) in [6, 6.07) is 6.93. The molecule has 4 unspecified atom stereocenters. The zero-order valence-electron chi connectivity index (χ0n) is 15.9. The van der Waals surface area contributed by atoms with E-state index in [2.05, 4.69) is 26.0 Å². The van der Waals surface area contributed by atoms with Gasteiger partial charge in [-0.3, -0.25) is 19.3 Å². The Bertz CT molecular complexity index is 762. The highest BCUT2D eigenvalue weighted by atomic mass is 16.2. The zero-order chi connectivity index (χ0) is 19.1. The number of nitrogens with zero attached hydrogens (tertiary/aromatic N) is 2. The summed E-state index contributed by atoms with van der Waals surface area (Å²) < 4.78 is 0. The van der Waals surface area contributed by atoms with Crippen LogP contribution >= 0.6 is 0 Å². The quantitative estimate of drug-likeness (QED) is 0.574. The van der Waals surface area contributed by atoms with E-state index in [9.17, 15) is 14.4 Å². The van der Waals surface area contributed by atoms with Gasteiger partial charge in [-0.25, -0.2) is 0 Å². The number of carbonyl (C=O) groups excluding carboxylic acids is 3. The van der Waals surface area contributed by atoms with Gasteiger partial charge >= 0.3 is 0 Å². The Balaban J connectivity index is 1.54. The smallest absolute Gasteiger partial charge is 0.253 e. The number of allylic oxidation sites excluding steroid dienone is 2. The van der Waals surface area contributed by atoms with Gasteiger partial charge in [0.15, 0.2) is 0 Å². The molecule has 3 aliphatic rings. The van der Waals surface area contributed by atoms with Crippen LogP contribution in [0.3, 0.4) is 0 Å². The van der Waals surface area contributed by atoms with Crippen LogP contribution in [0, 0.1) is 23.7 Å². The van der Waals surface area contributed by atoms with E-state index in [1.807, 2.05) is 4.90 Å². The van der Waals surface area contributed by atoms with Crippen LogP contribution in [0.1, 0.15) is 43.5 Å². The molecule has 0 spiro atoms. The first kappa shape index (κ1) is 18.0. The van der Waals surface area contributed by atoms with E-state index >= 15 is 0 Å². The van der Waals surface area contributed by atoms with Crippen LogP contribution in [0.2, 0.25) is 0 Å². The minimum absolute atomic E-state index is 0.00318. The van der Waals surface area contributed by atoms with Crippen LogP contribution in [0.15, 0.2) is 36.4 Å². The van der Waals surface area contributed by atoms with Gasteiger partial charge in [0.05, 0.1) is 17.5 Å². The largest absolute Gasteiger partial charge is 0.339 e. The first-order valence-electron chi connectivity index (χ1n) is 10.0. The van der Waals surface area contributed by atoms with Gasteiger partial charge < -0.3 is 4.90 Å². The standard InChI is InChI=1S/C22H26N2O3/c1-3-11-23(12-4-2)20(25)14-7-9-17(10-8-14)24-21(26)18-15-5-6-16(13-15)19(18)22(24)27/h5-10,15-16,18-19H,3-4,11-13H2,1-2H3. The van der Waals surface area contributed by atoms with Crippen LogP contribution in [-0.2, 0) is 9.59 Å². The maximum absolute atomic E-state index is 12.9. The number of hydrogen-bond acceptors (Lipinski definition) is 3. The SMILES string of the molecule is CCCN(CCC)C(=O)c1ccc(N2C(=O)C3C4C=CC(C4)C3C2=O)cc1. The highest BCUT2D eigenvalue weighted by Gasteiger charge is 2.59. The predicted molar refractivity (Wildman–Crippen MR) is 103 cm³/mol. The third kappa shape index (κ3) is 2.80. The normalized spacial score (nSPS) is 28.1. The number of amides is 3. The van der Waals surface area contributed by atoms with Gasteiger partial charge in [0.2, 0.25) is 11.8 Å². The molecule has 3 amide bonds. The number of hydrogen-bond donors (Lipinski definition) is 0. The molecule has 1 aliphatic heterocycles. The van der Waals surface area contributed by atoms with Gasteiger partial charge in [-0.05, 0) is 55.4 Å². The number of carbonyl (C=O) groups is 3. The topological polar surface area (TPSA) is 57.7 Å². The molecule has 1 saturated heterocycles. The Morgan fingerprint density at radius 3 is 1.96 bits per heavy atom. The van der Waals surface area contributed by atoms with E-state index in [4.69, 9.17) is 0 Å². The summed E-state index contributed by atoms with van der Waals surface area (Å²) in [5.41, 5.74) is 1.18. The summed E-state index contributed by atoms with van der Waals surface area (Å²) in [5, 5.41) is 0. The Hall–Kier alpha value is -2.43. The summed E-state index contributed by atoms with van der Waals surface area (Å²) >= 11 is 0. The molecule has 1 saturated carbocycles. The lowest BCUT2D eigenvalue weighted by atomic mass is 9.85. The molecule has 27 heavy (non-hydrogen) atoms. The monoisotopic (exact) mass is 366 g/mol. The first-order valence-corrected chi connectivity index (χ1v) is 10.0. The minimum atomic E-state index is -0.196. The third-order valence-electron chi connectivity index (χ3n) is 6.12. The molecule has 0 N–H and O–H groups in total. The molecule has 1 heterocycles. The van der Waals surface area contributed by atoms with Crippen molar-refractivity contribution < 1.29 is 14.4 Å².